The Kier molecular flexibility index (Phi) is 8.69. The zero-order chi connectivity index (χ0) is 22.8. The summed E-state index contributed by atoms with van der Waals surface area (Å²) in [6.07, 6.45) is 1.79. The summed E-state index contributed by atoms with van der Waals surface area (Å²) < 4.78 is 17.6. The number of benzene rings is 3. The van der Waals surface area contributed by atoms with Crippen LogP contribution in [0.5, 0.6) is 17.2 Å². The first-order chi connectivity index (χ1) is 15.6. The standard InChI is InChI=1S/C25H25BrN2O4/c1-3-31-21-11-9-18(10-12-21)15-24(29)28-27-16-20-13-22(26)25(23(14-20)30-2)32-17-19-7-5-4-6-8-19/h4-14,16H,3,15,17H2,1-2H3,(H,28,29)/b27-16+. The van der Waals surface area contributed by atoms with E-state index in [4.69, 9.17) is 14.2 Å². The van der Waals surface area contributed by atoms with Crippen molar-refractivity contribution in [2.45, 2.75) is 20.0 Å². The van der Waals surface area contributed by atoms with Crippen LogP contribution in [0.3, 0.4) is 0 Å². The van der Waals surface area contributed by atoms with Gasteiger partial charge in [0.2, 0.25) is 5.91 Å². The van der Waals surface area contributed by atoms with Gasteiger partial charge in [0, 0.05) is 0 Å². The molecule has 0 fully saturated rings. The number of ether oxygens (including phenoxy) is 3. The predicted molar refractivity (Wildman–Crippen MR) is 129 cm³/mol. The second-order valence-electron chi connectivity index (χ2n) is 6.86. The average Bonchev–Trinajstić information content (AvgIpc) is 2.80. The molecule has 3 aromatic rings. The summed E-state index contributed by atoms with van der Waals surface area (Å²) in [5.74, 6) is 1.75. The highest BCUT2D eigenvalue weighted by Gasteiger charge is 2.12. The second-order valence-corrected chi connectivity index (χ2v) is 7.71. The van der Waals surface area contributed by atoms with Crippen LogP contribution in [0.15, 0.2) is 76.3 Å². The smallest absolute Gasteiger partial charge is 0.244 e. The summed E-state index contributed by atoms with van der Waals surface area (Å²) in [4.78, 5) is 12.2. The molecule has 6 nitrogen and oxygen atoms in total. The first-order valence-corrected chi connectivity index (χ1v) is 11.0. The Morgan fingerprint density at radius 3 is 2.47 bits per heavy atom. The van der Waals surface area contributed by atoms with Gasteiger partial charge in [-0.25, -0.2) is 5.43 Å². The molecule has 3 aromatic carbocycles. The van der Waals surface area contributed by atoms with E-state index in [2.05, 4.69) is 26.5 Å². The zero-order valence-corrected chi connectivity index (χ0v) is 19.6. The van der Waals surface area contributed by atoms with E-state index in [0.717, 1.165) is 26.9 Å². The van der Waals surface area contributed by atoms with E-state index in [1.165, 1.54) is 0 Å². The number of methoxy groups -OCH3 is 1. The van der Waals surface area contributed by atoms with Crippen LogP contribution in [0, 0.1) is 0 Å². The molecule has 0 bridgehead atoms. The highest BCUT2D eigenvalue weighted by Crippen LogP contribution is 2.36. The number of carbonyl (C=O) groups is 1. The highest BCUT2D eigenvalue weighted by molar-refractivity contribution is 9.10. The maximum Gasteiger partial charge on any atom is 0.244 e. The molecule has 0 aliphatic heterocycles. The van der Waals surface area contributed by atoms with Gasteiger partial charge >= 0.3 is 0 Å². The number of amides is 1. The fourth-order valence-electron chi connectivity index (χ4n) is 2.96. The van der Waals surface area contributed by atoms with E-state index < -0.39 is 0 Å². The van der Waals surface area contributed by atoms with E-state index in [1.54, 1.807) is 19.4 Å². The fraction of sp³-hybridized carbons (Fsp3) is 0.200. The lowest BCUT2D eigenvalue weighted by molar-refractivity contribution is -0.120. The van der Waals surface area contributed by atoms with E-state index in [1.807, 2.05) is 67.6 Å². The summed E-state index contributed by atoms with van der Waals surface area (Å²) in [7, 11) is 1.58. The monoisotopic (exact) mass is 496 g/mol. The highest BCUT2D eigenvalue weighted by atomic mass is 79.9. The van der Waals surface area contributed by atoms with Crippen LogP contribution in [-0.4, -0.2) is 25.8 Å². The molecule has 0 saturated heterocycles. The predicted octanol–water partition coefficient (Wildman–Crippen LogP) is 5.13. The summed E-state index contributed by atoms with van der Waals surface area (Å²) >= 11 is 3.53. The molecule has 0 atom stereocenters. The van der Waals surface area contributed by atoms with Crippen molar-refractivity contribution in [1.82, 2.24) is 5.43 Å². The van der Waals surface area contributed by atoms with Gasteiger partial charge in [-0.2, -0.15) is 5.10 Å². The largest absolute Gasteiger partial charge is 0.494 e. The molecule has 32 heavy (non-hydrogen) atoms. The van der Waals surface area contributed by atoms with Crippen LogP contribution in [0.2, 0.25) is 0 Å². The Hall–Kier alpha value is -3.32. The Morgan fingerprint density at radius 1 is 1.03 bits per heavy atom. The van der Waals surface area contributed by atoms with Crippen molar-refractivity contribution in [3.63, 3.8) is 0 Å². The summed E-state index contributed by atoms with van der Waals surface area (Å²) in [6.45, 7) is 2.96. The number of halogens is 1. The molecular weight excluding hydrogens is 472 g/mol. The maximum atomic E-state index is 12.2. The molecule has 0 heterocycles. The molecule has 0 radical (unpaired) electrons. The number of nitrogens with one attached hydrogen (secondary N) is 1. The molecule has 7 heteroatoms. The van der Waals surface area contributed by atoms with Crippen molar-refractivity contribution in [3.05, 3.63) is 87.9 Å². The minimum Gasteiger partial charge on any atom is -0.494 e. The summed E-state index contributed by atoms with van der Waals surface area (Å²) in [5, 5.41) is 4.06. The van der Waals surface area contributed by atoms with E-state index in [9.17, 15) is 4.79 Å². The van der Waals surface area contributed by atoms with Crippen molar-refractivity contribution in [2.24, 2.45) is 5.10 Å². The minimum atomic E-state index is -0.209. The van der Waals surface area contributed by atoms with E-state index >= 15 is 0 Å². The number of rotatable bonds is 10. The molecule has 0 saturated carbocycles. The first kappa shape index (κ1) is 23.3. The Balaban J connectivity index is 1.58. The van der Waals surface area contributed by atoms with Gasteiger partial charge in [0.25, 0.3) is 0 Å². The molecule has 0 aliphatic carbocycles. The number of hydrogen-bond donors (Lipinski definition) is 1. The van der Waals surface area contributed by atoms with Gasteiger partial charge in [0.1, 0.15) is 12.4 Å². The number of nitrogens with zero attached hydrogens (tertiary/aromatic N) is 1. The van der Waals surface area contributed by atoms with Gasteiger partial charge in [0.05, 0.1) is 30.8 Å². The summed E-state index contributed by atoms with van der Waals surface area (Å²) in [5.41, 5.74) is 5.24. The topological polar surface area (TPSA) is 69.2 Å². The molecule has 0 spiro atoms. The molecule has 0 unspecified atom stereocenters. The molecule has 1 amide bonds. The molecular formula is C25H25BrN2O4. The second kappa shape index (κ2) is 11.9. The van der Waals surface area contributed by atoms with Gasteiger partial charge in [-0.15, -0.1) is 0 Å². The van der Waals surface area contributed by atoms with Crippen molar-refractivity contribution in [1.29, 1.82) is 0 Å². The third kappa shape index (κ3) is 6.85. The van der Waals surface area contributed by atoms with Crippen LogP contribution in [0.25, 0.3) is 0 Å². The van der Waals surface area contributed by atoms with Crippen LogP contribution >= 0.6 is 15.9 Å². The van der Waals surface area contributed by atoms with Crippen molar-refractivity contribution in [3.8, 4) is 17.2 Å². The molecule has 3 rings (SSSR count). The Morgan fingerprint density at radius 2 is 1.78 bits per heavy atom. The molecule has 166 valence electrons. The van der Waals surface area contributed by atoms with Gasteiger partial charge in [-0.05, 0) is 63.8 Å². The van der Waals surface area contributed by atoms with Crippen LogP contribution < -0.4 is 19.6 Å². The molecule has 0 aliphatic rings. The first-order valence-electron chi connectivity index (χ1n) is 10.2. The third-order valence-electron chi connectivity index (χ3n) is 4.48. The van der Waals surface area contributed by atoms with E-state index in [-0.39, 0.29) is 12.3 Å². The summed E-state index contributed by atoms with van der Waals surface area (Å²) in [6, 6.07) is 21.0. The van der Waals surface area contributed by atoms with Gasteiger partial charge in [-0.1, -0.05) is 42.5 Å². The maximum absolute atomic E-state index is 12.2. The van der Waals surface area contributed by atoms with Crippen LogP contribution in [-0.2, 0) is 17.8 Å². The van der Waals surface area contributed by atoms with Crippen LogP contribution in [0.4, 0.5) is 0 Å². The van der Waals surface area contributed by atoms with Crippen molar-refractivity contribution in [2.75, 3.05) is 13.7 Å². The lowest BCUT2D eigenvalue weighted by Gasteiger charge is -2.13. The number of carbonyl (C=O) groups excluding carboxylic acids is 1. The average molecular weight is 497 g/mol. The lowest BCUT2D eigenvalue weighted by atomic mass is 10.1. The molecule has 1 N–H and O–H groups in total. The number of hydrazone groups is 1. The Labute approximate surface area is 196 Å². The van der Waals surface area contributed by atoms with Gasteiger partial charge in [0.15, 0.2) is 11.5 Å². The normalized spacial score (nSPS) is 10.7. The van der Waals surface area contributed by atoms with Gasteiger partial charge in [-0.3, -0.25) is 4.79 Å². The van der Waals surface area contributed by atoms with Crippen molar-refractivity contribution < 1.29 is 19.0 Å². The SMILES string of the molecule is CCOc1ccc(CC(=O)N/N=C/c2cc(Br)c(OCc3ccccc3)c(OC)c2)cc1. The Bertz CT molecular complexity index is 1050. The van der Waals surface area contributed by atoms with Gasteiger partial charge < -0.3 is 14.2 Å². The molecule has 0 aromatic heterocycles. The third-order valence-corrected chi connectivity index (χ3v) is 5.07. The zero-order valence-electron chi connectivity index (χ0n) is 18.0. The van der Waals surface area contributed by atoms with Crippen LogP contribution in [0.1, 0.15) is 23.6 Å². The van der Waals surface area contributed by atoms with Crippen molar-refractivity contribution >= 4 is 28.1 Å². The minimum absolute atomic E-state index is 0.209. The number of hydrogen-bond acceptors (Lipinski definition) is 5. The van der Waals surface area contributed by atoms with E-state index in [0.29, 0.717) is 24.7 Å². The quantitative estimate of drug-likeness (QED) is 0.312. The lowest BCUT2D eigenvalue weighted by Crippen LogP contribution is -2.19. The fourth-order valence-corrected chi connectivity index (χ4v) is 3.53.